The van der Waals surface area contributed by atoms with Gasteiger partial charge in [0.05, 0.1) is 12.5 Å². The Balaban J connectivity index is 2.20. The molecule has 22 heavy (non-hydrogen) atoms. The van der Waals surface area contributed by atoms with Crippen LogP contribution in [0.15, 0.2) is 0 Å². The molecule has 0 N–H and O–H groups in total. The van der Waals surface area contributed by atoms with E-state index >= 15 is 0 Å². The Labute approximate surface area is 123 Å². The molecule has 8 heteroatoms. The van der Waals surface area contributed by atoms with Gasteiger partial charge in [0.15, 0.2) is 23.3 Å². The minimum Gasteiger partial charge on any atom is -0.466 e. The van der Waals surface area contributed by atoms with E-state index in [-0.39, 0.29) is 32.5 Å². The predicted molar refractivity (Wildman–Crippen MR) is 67.8 cm³/mol. The van der Waals surface area contributed by atoms with Gasteiger partial charge in [-0.15, -0.1) is 0 Å². The van der Waals surface area contributed by atoms with Gasteiger partial charge < -0.3 is 9.64 Å². The molecule has 1 aliphatic rings. The van der Waals surface area contributed by atoms with Crippen molar-refractivity contribution in [1.82, 2.24) is 0 Å². The van der Waals surface area contributed by atoms with Crippen LogP contribution in [0.5, 0.6) is 0 Å². The van der Waals surface area contributed by atoms with Crippen molar-refractivity contribution in [3.8, 4) is 0 Å². The van der Waals surface area contributed by atoms with Gasteiger partial charge in [-0.3, -0.25) is 4.79 Å². The lowest BCUT2D eigenvalue weighted by molar-refractivity contribution is -0.148. The Kier molecular flexibility index (Phi) is 4.87. The van der Waals surface area contributed by atoms with Crippen LogP contribution in [0.3, 0.4) is 0 Å². The van der Waals surface area contributed by atoms with Crippen LogP contribution < -0.4 is 4.90 Å². The summed E-state index contributed by atoms with van der Waals surface area (Å²) in [7, 11) is 0. The maximum atomic E-state index is 13.7. The van der Waals surface area contributed by atoms with E-state index in [1.54, 1.807) is 6.92 Å². The number of hydrogen-bond acceptors (Lipinski definition) is 3. The van der Waals surface area contributed by atoms with Gasteiger partial charge in [-0.2, -0.15) is 0 Å². The molecule has 1 fully saturated rings. The van der Waals surface area contributed by atoms with Gasteiger partial charge >= 0.3 is 5.97 Å². The van der Waals surface area contributed by atoms with E-state index in [0.29, 0.717) is 0 Å². The number of hydrogen-bond donors (Lipinski definition) is 0. The quantitative estimate of drug-likeness (QED) is 0.370. The summed E-state index contributed by atoms with van der Waals surface area (Å²) in [6, 6.07) is 0. The molecule has 0 aliphatic carbocycles. The third-order valence-electron chi connectivity index (χ3n) is 3.62. The summed E-state index contributed by atoms with van der Waals surface area (Å²) in [5.74, 6) is -10.7. The second-order valence-electron chi connectivity index (χ2n) is 4.93. The molecule has 1 saturated heterocycles. The van der Waals surface area contributed by atoms with Crippen LogP contribution in [0.2, 0.25) is 0 Å². The van der Waals surface area contributed by atoms with Crippen molar-refractivity contribution in [1.29, 1.82) is 0 Å². The minimum absolute atomic E-state index is 0.00182. The molecule has 3 nitrogen and oxygen atoms in total. The number of esters is 1. The fourth-order valence-electron chi connectivity index (χ4n) is 2.47. The van der Waals surface area contributed by atoms with Crippen LogP contribution in [-0.4, -0.2) is 25.7 Å². The van der Waals surface area contributed by atoms with Crippen molar-refractivity contribution in [3.63, 3.8) is 0 Å². The number of rotatable bonds is 3. The molecule has 0 spiro atoms. The molecule has 0 atom stereocenters. The van der Waals surface area contributed by atoms with Crippen LogP contribution in [0, 0.1) is 35.0 Å². The highest BCUT2D eigenvalue weighted by Gasteiger charge is 2.32. The lowest BCUT2D eigenvalue weighted by Gasteiger charge is -2.33. The fourth-order valence-corrected chi connectivity index (χ4v) is 2.47. The fraction of sp³-hybridized carbons (Fsp3) is 0.500. The Hall–Kier alpha value is -1.86. The molecule has 1 aromatic carbocycles. The van der Waals surface area contributed by atoms with Crippen LogP contribution >= 0.6 is 0 Å². The number of piperidine rings is 1. The van der Waals surface area contributed by atoms with Crippen molar-refractivity contribution >= 4 is 11.7 Å². The maximum absolute atomic E-state index is 13.7. The second-order valence-corrected chi connectivity index (χ2v) is 4.93. The largest absolute Gasteiger partial charge is 0.466 e. The molecule has 0 bridgehead atoms. The first-order chi connectivity index (χ1) is 10.4. The Morgan fingerprint density at radius 1 is 1.00 bits per heavy atom. The molecule has 0 aromatic heterocycles. The van der Waals surface area contributed by atoms with Gasteiger partial charge in [0.25, 0.3) is 0 Å². The first-order valence-electron chi connectivity index (χ1n) is 6.81. The minimum atomic E-state index is -2.18. The first kappa shape index (κ1) is 16.5. The van der Waals surface area contributed by atoms with Crippen molar-refractivity contribution < 1.29 is 31.5 Å². The second kappa shape index (κ2) is 6.50. The summed E-state index contributed by atoms with van der Waals surface area (Å²) in [6.07, 6.45) is 0.441. The normalized spacial score (nSPS) is 16.0. The van der Waals surface area contributed by atoms with Crippen LogP contribution in [-0.2, 0) is 9.53 Å². The Morgan fingerprint density at radius 2 is 1.45 bits per heavy atom. The van der Waals surface area contributed by atoms with Gasteiger partial charge in [-0.05, 0) is 19.8 Å². The Morgan fingerprint density at radius 3 is 1.91 bits per heavy atom. The highest BCUT2D eigenvalue weighted by atomic mass is 19.2. The Bertz CT molecular complexity index is 556. The van der Waals surface area contributed by atoms with E-state index in [2.05, 4.69) is 0 Å². The van der Waals surface area contributed by atoms with Crippen LogP contribution in [0.25, 0.3) is 0 Å². The first-order valence-corrected chi connectivity index (χ1v) is 6.81. The molecule has 2 rings (SSSR count). The third-order valence-corrected chi connectivity index (χ3v) is 3.62. The molecule has 1 heterocycles. The lowest BCUT2D eigenvalue weighted by atomic mass is 9.96. The zero-order valence-corrected chi connectivity index (χ0v) is 11.8. The molecule has 1 aromatic rings. The smallest absolute Gasteiger partial charge is 0.309 e. The molecule has 122 valence electrons. The van der Waals surface area contributed by atoms with E-state index < -0.39 is 46.7 Å². The van der Waals surface area contributed by atoms with Gasteiger partial charge in [0, 0.05) is 13.1 Å². The van der Waals surface area contributed by atoms with E-state index in [0.717, 1.165) is 4.90 Å². The predicted octanol–water partition coefficient (Wildman–Crippen LogP) is 3.16. The number of carbonyl (C=O) groups excluding carboxylic acids is 1. The SMILES string of the molecule is CCOC(=O)C1CCN(c2c(F)c(F)c(F)c(F)c2F)CC1. The molecule has 0 radical (unpaired) electrons. The molecule has 0 unspecified atom stereocenters. The van der Waals surface area contributed by atoms with Gasteiger partial charge in [-0.25, -0.2) is 22.0 Å². The number of ether oxygens (including phenoxy) is 1. The average molecular weight is 323 g/mol. The van der Waals surface area contributed by atoms with Crippen molar-refractivity contribution in [2.45, 2.75) is 19.8 Å². The molecule has 0 amide bonds. The van der Waals surface area contributed by atoms with E-state index in [9.17, 15) is 26.7 Å². The molecular weight excluding hydrogens is 309 g/mol. The van der Waals surface area contributed by atoms with Crippen molar-refractivity contribution in [2.75, 3.05) is 24.6 Å². The standard InChI is InChI=1S/C14H14F5NO2/c1-2-22-14(21)7-3-5-20(6-4-7)13-11(18)9(16)8(15)10(17)12(13)19/h7H,2-6H2,1H3. The highest BCUT2D eigenvalue weighted by molar-refractivity contribution is 5.73. The average Bonchev–Trinajstić information content (AvgIpc) is 2.52. The zero-order valence-electron chi connectivity index (χ0n) is 11.8. The summed E-state index contributed by atoms with van der Waals surface area (Å²) in [5, 5.41) is 0. The van der Waals surface area contributed by atoms with E-state index in [1.165, 1.54) is 0 Å². The summed E-state index contributed by atoms with van der Waals surface area (Å²) in [6.45, 7) is 1.88. The summed E-state index contributed by atoms with van der Waals surface area (Å²) in [5.41, 5.74) is -0.946. The van der Waals surface area contributed by atoms with Gasteiger partial charge in [0.1, 0.15) is 5.69 Å². The lowest BCUT2D eigenvalue weighted by Crippen LogP contribution is -2.38. The molecular formula is C14H14F5NO2. The number of benzene rings is 1. The van der Waals surface area contributed by atoms with Gasteiger partial charge in [-0.1, -0.05) is 0 Å². The number of carbonyl (C=O) groups is 1. The van der Waals surface area contributed by atoms with Crippen LogP contribution in [0.4, 0.5) is 27.6 Å². The highest BCUT2D eigenvalue weighted by Crippen LogP contribution is 2.33. The molecule has 1 aliphatic heterocycles. The maximum Gasteiger partial charge on any atom is 0.309 e. The number of halogens is 5. The molecule has 0 saturated carbocycles. The van der Waals surface area contributed by atoms with E-state index in [1.807, 2.05) is 0 Å². The summed E-state index contributed by atoms with van der Waals surface area (Å²) in [4.78, 5) is 12.6. The van der Waals surface area contributed by atoms with E-state index in [4.69, 9.17) is 4.74 Å². The third kappa shape index (κ3) is 2.86. The number of anilines is 1. The van der Waals surface area contributed by atoms with Crippen molar-refractivity contribution in [2.24, 2.45) is 5.92 Å². The summed E-state index contributed by atoms with van der Waals surface area (Å²) < 4.78 is 71.7. The zero-order chi connectivity index (χ0) is 16.4. The topological polar surface area (TPSA) is 29.5 Å². The summed E-state index contributed by atoms with van der Waals surface area (Å²) >= 11 is 0. The van der Waals surface area contributed by atoms with Crippen molar-refractivity contribution in [3.05, 3.63) is 29.1 Å². The van der Waals surface area contributed by atoms with Crippen LogP contribution in [0.1, 0.15) is 19.8 Å². The number of nitrogens with zero attached hydrogens (tertiary/aromatic N) is 1. The van der Waals surface area contributed by atoms with Gasteiger partial charge in [0.2, 0.25) is 5.82 Å². The monoisotopic (exact) mass is 323 g/mol.